The van der Waals surface area contributed by atoms with E-state index in [4.69, 9.17) is 0 Å². The first kappa shape index (κ1) is 16.7. The van der Waals surface area contributed by atoms with Crippen molar-refractivity contribution in [2.24, 2.45) is 0 Å². The van der Waals surface area contributed by atoms with E-state index in [9.17, 15) is 4.79 Å². The number of hydrogen-bond donors (Lipinski definition) is 2. The number of methoxy groups -OCH3 is 1. The van der Waals surface area contributed by atoms with Gasteiger partial charge in [0.1, 0.15) is 5.82 Å². The van der Waals surface area contributed by atoms with Gasteiger partial charge < -0.3 is 15.4 Å². The van der Waals surface area contributed by atoms with Gasteiger partial charge in [-0.2, -0.15) is 4.98 Å². The van der Waals surface area contributed by atoms with E-state index in [-0.39, 0.29) is 5.97 Å². The SMILES string of the molecule is CCCCNc1cc(C)nc(Nc2ccc(C(=O)OC)cc2)n1. The fraction of sp³-hybridized carbons (Fsp3) is 0.353. The van der Waals surface area contributed by atoms with Crippen LogP contribution in [0.2, 0.25) is 0 Å². The second kappa shape index (κ2) is 8.12. The molecule has 0 aliphatic heterocycles. The van der Waals surface area contributed by atoms with Crippen LogP contribution in [0.1, 0.15) is 35.8 Å². The number of unbranched alkanes of at least 4 members (excludes halogenated alkanes) is 1. The van der Waals surface area contributed by atoms with Crippen molar-refractivity contribution in [1.82, 2.24) is 9.97 Å². The van der Waals surface area contributed by atoms with E-state index >= 15 is 0 Å². The van der Waals surface area contributed by atoms with Crippen LogP contribution in [0.4, 0.5) is 17.5 Å². The van der Waals surface area contributed by atoms with Crippen molar-refractivity contribution in [2.45, 2.75) is 26.7 Å². The number of hydrogen-bond acceptors (Lipinski definition) is 6. The molecule has 6 heteroatoms. The molecule has 23 heavy (non-hydrogen) atoms. The molecule has 6 nitrogen and oxygen atoms in total. The summed E-state index contributed by atoms with van der Waals surface area (Å²) in [5.74, 6) is 0.972. The molecule has 0 unspecified atom stereocenters. The molecule has 0 saturated carbocycles. The number of rotatable bonds is 7. The van der Waals surface area contributed by atoms with E-state index in [1.54, 1.807) is 24.3 Å². The largest absolute Gasteiger partial charge is 0.465 e. The minimum absolute atomic E-state index is 0.356. The molecule has 0 aliphatic carbocycles. The maximum absolute atomic E-state index is 11.4. The van der Waals surface area contributed by atoms with Crippen LogP contribution in [0, 0.1) is 6.92 Å². The maximum Gasteiger partial charge on any atom is 0.337 e. The first-order chi connectivity index (χ1) is 11.1. The summed E-state index contributed by atoms with van der Waals surface area (Å²) in [6.45, 7) is 4.97. The van der Waals surface area contributed by atoms with Crippen LogP contribution in [-0.4, -0.2) is 29.6 Å². The Balaban J connectivity index is 2.08. The van der Waals surface area contributed by atoms with Gasteiger partial charge >= 0.3 is 5.97 Å². The number of aryl methyl sites for hydroxylation is 1. The molecular formula is C17H22N4O2. The number of benzene rings is 1. The second-order valence-corrected chi connectivity index (χ2v) is 5.19. The molecule has 0 spiro atoms. The number of carbonyl (C=O) groups excluding carboxylic acids is 1. The summed E-state index contributed by atoms with van der Waals surface area (Å²) < 4.78 is 4.68. The first-order valence-corrected chi connectivity index (χ1v) is 7.67. The van der Waals surface area contributed by atoms with E-state index in [0.29, 0.717) is 11.5 Å². The Morgan fingerprint density at radius 2 is 1.96 bits per heavy atom. The van der Waals surface area contributed by atoms with Gasteiger partial charge in [0, 0.05) is 24.0 Å². The number of esters is 1. The average molecular weight is 314 g/mol. The predicted molar refractivity (Wildman–Crippen MR) is 91.2 cm³/mol. The predicted octanol–water partition coefficient (Wildman–Crippen LogP) is 3.53. The van der Waals surface area contributed by atoms with Crippen LogP contribution in [0.25, 0.3) is 0 Å². The zero-order valence-electron chi connectivity index (χ0n) is 13.7. The van der Waals surface area contributed by atoms with Crippen LogP contribution in [-0.2, 0) is 4.74 Å². The summed E-state index contributed by atoms with van der Waals surface area (Å²) >= 11 is 0. The zero-order chi connectivity index (χ0) is 16.7. The molecule has 2 rings (SSSR count). The van der Waals surface area contributed by atoms with Gasteiger partial charge in [-0.25, -0.2) is 9.78 Å². The number of nitrogens with one attached hydrogen (secondary N) is 2. The molecule has 0 bridgehead atoms. The van der Waals surface area contributed by atoms with E-state index in [2.05, 4.69) is 32.3 Å². The molecule has 2 N–H and O–H groups in total. The molecule has 2 aromatic rings. The number of nitrogens with zero attached hydrogens (tertiary/aromatic N) is 2. The molecule has 0 amide bonds. The van der Waals surface area contributed by atoms with Crippen LogP contribution in [0.3, 0.4) is 0 Å². The lowest BCUT2D eigenvalue weighted by molar-refractivity contribution is 0.0601. The third kappa shape index (κ3) is 4.95. The van der Waals surface area contributed by atoms with Crippen LogP contribution in [0.15, 0.2) is 30.3 Å². The molecule has 0 fully saturated rings. The fourth-order valence-electron chi connectivity index (χ4n) is 2.04. The quantitative estimate of drug-likeness (QED) is 0.601. The zero-order valence-corrected chi connectivity index (χ0v) is 13.7. The van der Waals surface area contributed by atoms with Crippen LogP contribution in [0.5, 0.6) is 0 Å². The third-order valence-corrected chi connectivity index (χ3v) is 3.25. The monoisotopic (exact) mass is 314 g/mol. The van der Waals surface area contributed by atoms with Crippen molar-refractivity contribution < 1.29 is 9.53 Å². The minimum Gasteiger partial charge on any atom is -0.465 e. The van der Waals surface area contributed by atoms with Crippen molar-refractivity contribution in [3.63, 3.8) is 0 Å². The van der Waals surface area contributed by atoms with Crippen molar-refractivity contribution in [2.75, 3.05) is 24.3 Å². The van der Waals surface area contributed by atoms with Crippen LogP contribution < -0.4 is 10.6 Å². The molecule has 122 valence electrons. The van der Waals surface area contributed by atoms with Gasteiger partial charge in [0.15, 0.2) is 0 Å². The maximum atomic E-state index is 11.4. The molecule has 0 aliphatic rings. The summed E-state index contributed by atoms with van der Waals surface area (Å²) in [6.07, 6.45) is 2.23. The molecule has 1 aromatic heterocycles. The summed E-state index contributed by atoms with van der Waals surface area (Å²) in [6, 6.07) is 8.90. The van der Waals surface area contributed by atoms with Gasteiger partial charge in [-0.05, 0) is 37.6 Å². The Kier molecular flexibility index (Phi) is 5.91. The van der Waals surface area contributed by atoms with Gasteiger partial charge in [-0.15, -0.1) is 0 Å². The summed E-state index contributed by atoms with van der Waals surface area (Å²) in [5.41, 5.74) is 2.19. The van der Waals surface area contributed by atoms with Gasteiger partial charge in [0.05, 0.1) is 12.7 Å². The smallest absolute Gasteiger partial charge is 0.337 e. The Bertz CT molecular complexity index is 656. The molecule has 0 saturated heterocycles. The average Bonchev–Trinajstić information content (AvgIpc) is 2.54. The summed E-state index contributed by atoms with van der Waals surface area (Å²) in [5, 5.41) is 6.44. The van der Waals surface area contributed by atoms with E-state index in [0.717, 1.165) is 36.6 Å². The Morgan fingerprint density at radius 3 is 2.61 bits per heavy atom. The number of anilines is 3. The van der Waals surface area contributed by atoms with Gasteiger partial charge in [0.2, 0.25) is 5.95 Å². The van der Waals surface area contributed by atoms with Gasteiger partial charge in [-0.3, -0.25) is 0 Å². The number of carbonyl (C=O) groups is 1. The van der Waals surface area contributed by atoms with Crippen molar-refractivity contribution in [1.29, 1.82) is 0 Å². The van der Waals surface area contributed by atoms with Crippen LogP contribution >= 0.6 is 0 Å². The highest BCUT2D eigenvalue weighted by Crippen LogP contribution is 2.17. The molecular weight excluding hydrogens is 292 g/mol. The van der Waals surface area contributed by atoms with E-state index in [1.165, 1.54) is 7.11 Å². The van der Waals surface area contributed by atoms with Crippen molar-refractivity contribution in [3.05, 3.63) is 41.6 Å². The number of aromatic nitrogens is 2. The summed E-state index contributed by atoms with van der Waals surface area (Å²) in [4.78, 5) is 20.2. The van der Waals surface area contributed by atoms with E-state index < -0.39 is 0 Å². The fourth-order valence-corrected chi connectivity index (χ4v) is 2.04. The Morgan fingerprint density at radius 1 is 1.22 bits per heavy atom. The lowest BCUT2D eigenvalue weighted by Crippen LogP contribution is -2.06. The molecule has 0 atom stereocenters. The van der Waals surface area contributed by atoms with Crippen molar-refractivity contribution >= 4 is 23.4 Å². The summed E-state index contributed by atoms with van der Waals surface area (Å²) in [7, 11) is 1.36. The highest BCUT2D eigenvalue weighted by molar-refractivity contribution is 5.89. The Hall–Kier alpha value is -2.63. The van der Waals surface area contributed by atoms with Crippen molar-refractivity contribution in [3.8, 4) is 0 Å². The third-order valence-electron chi connectivity index (χ3n) is 3.25. The standard InChI is InChI=1S/C17H22N4O2/c1-4-5-10-18-15-11-12(2)19-17(21-15)20-14-8-6-13(7-9-14)16(22)23-3/h6-9,11H,4-5,10H2,1-3H3,(H2,18,19,20,21). The topological polar surface area (TPSA) is 76.1 Å². The highest BCUT2D eigenvalue weighted by atomic mass is 16.5. The van der Waals surface area contributed by atoms with Gasteiger partial charge in [0.25, 0.3) is 0 Å². The molecule has 1 aromatic carbocycles. The highest BCUT2D eigenvalue weighted by Gasteiger charge is 2.06. The van der Waals surface area contributed by atoms with E-state index in [1.807, 2.05) is 13.0 Å². The second-order valence-electron chi connectivity index (χ2n) is 5.19. The first-order valence-electron chi connectivity index (χ1n) is 7.67. The Labute approximate surface area is 136 Å². The lowest BCUT2D eigenvalue weighted by atomic mass is 10.2. The lowest BCUT2D eigenvalue weighted by Gasteiger charge is -2.10. The van der Waals surface area contributed by atoms with Gasteiger partial charge in [-0.1, -0.05) is 13.3 Å². The minimum atomic E-state index is -0.356. The molecule has 0 radical (unpaired) electrons. The number of ether oxygens (including phenoxy) is 1. The normalized spacial score (nSPS) is 10.2. The molecule has 1 heterocycles.